The zero-order chi connectivity index (χ0) is 12.9. The van der Waals surface area contributed by atoms with E-state index in [0.717, 1.165) is 0 Å². The van der Waals surface area contributed by atoms with Crippen molar-refractivity contribution in [1.29, 1.82) is 0 Å². The molecule has 92 valence electrons. The minimum atomic E-state index is -0.937. The van der Waals surface area contributed by atoms with Gasteiger partial charge in [-0.2, -0.15) is 0 Å². The fourth-order valence-electron chi connectivity index (χ4n) is 0.866. The first-order valence-corrected chi connectivity index (χ1v) is 5.46. The molecule has 0 fully saturated rings. The van der Waals surface area contributed by atoms with Gasteiger partial charge in [0.15, 0.2) is 0 Å². The number of nitrogens with two attached hydrogens (primary N) is 1. The second-order valence-electron chi connectivity index (χ2n) is 4.39. The number of thiocarbonyl (C=S) groups is 1. The predicted octanol–water partition coefficient (Wildman–Crippen LogP) is -0.0605. The molecule has 0 spiro atoms. The third kappa shape index (κ3) is 4.57. The Morgan fingerprint density at radius 1 is 1.38 bits per heavy atom. The molecule has 5 nitrogen and oxygen atoms in total. The molecule has 0 radical (unpaired) electrons. The first kappa shape index (κ1) is 14.8. The van der Waals surface area contributed by atoms with E-state index in [1.54, 1.807) is 13.8 Å². The Morgan fingerprint density at radius 2 is 1.88 bits per heavy atom. The van der Waals surface area contributed by atoms with Gasteiger partial charge < -0.3 is 16.4 Å². The highest BCUT2D eigenvalue weighted by Gasteiger charge is 2.30. The maximum atomic E-state index is 11.6. The normalized spacial score (nSPS) is 11.1. The number of carbonyl (C=O) groups is 2. The molecule has 0 aliphatic heterocycles. The summed E-state index contributed by atoms with van der Waals surface area (Å²) in [5, 5.41) is 5.15. The number of nitrogens with one attached hydrogen (secondary N) is 2. The summed E-state index contributed by atoms with van der Waals surface area (Å²) in [4.78, 5) is 23.0. The summed E-state index contributed by atoms with van der Waals surface area (Å²) in [6.45, 7) is 6.86. The van der Waals surface area contributed by atoms with E-state index in [-0.39, 0.29) is 29.4 Å². The van der Waals surface area contributed by atoms with Crippen LogP contribution in [0.4, 0.5) is 0 Å². The van der Waals surface area contributed by atoms with Crippen molar-refractivity contribution in [3.8, 4) is 0 Å². The second kappa shape index (κ2) is 5.79. The molecule has 0 aromatic rings. The number of hydrogen-bond acceptors (Lipinski definition) is 3. The fraction of sp³-hybridized carbons (Fsp3) is 0.700. The van der Waals surface area contributed by atoms with E-state index < -0.39 is 5.41 Å². The highest BCUT2D eigenvalue weighted by Crippen LogP contribution is 2.14. The largest absolute Gasteiger partial charge is 0.392 e. The van der Waals surface area contributed by atoms with Crippen LogP contribution in [0.1, 0.15) is 27.7 Å². The maximum absolute atomic E-state index is 11.6. The quantitative estimate of drug-likeness (QED) is 0.592. The van der Waals surface area contributed by atoms with Crippen molar-refractivity contribution >= 4 is 29.0 Å². The lowest BCUT2D eigenvalue weighted by atomic mass is 9.92. The minimum absolute atomic E-state index is 0.0491. The van der Waals surface area contributed by atoms with Crippen molar-refractivity contribution in [3.63, 3.8) is 0 Å². The van der Waals surface area contributed by atoms with Gasteiger partial charge in [0, 0.05) is 6.04 Å². The van der Waals surface area contributed by atoms with E-state index in [4.69, 9.17) is 18.0 Å². The van der Waals surface area contributed by atoms with Gasteiger partial charge in [-0.15, -0.1) is 0 Å². The molecular formula is C10H19N3O2S. The summed E-state index contributed by atoms with van der Waals surface area (Å²) in [5.74, 6) is -0.582. The third-order valence-electron chi connectivity index (χ3n) is 2.04. The van der Waals surface area contributed by atoms with Gasteiger partial charge in [0.2, 0.25) is 11.8 Å². The summed E-state index contributed by atoms with van der Waals surface area (Å²) in [6, 6.07) is 0.0491. The Balaban J connectivity index is 4.18. The van der Waals surface area contributed by atoms with Crippen LogP contribution < -0.4 is 16.4 Å². The van der Waals surface area contributed by atoms with Gasteiger partial charge in [-0.25, -0.2) is 0 Å². The van der Waals surface area contributed by atoms with Gasteiger partial charge in [0.1, 0.15) is 0 Å². The van der Waals surface area contributed by atoms with Crippen LogP contribution in [0.25, 0.3) is 0 Å². The topological polar surface area (TPSA) is 84.2 Å². The van der Waals surface area contributed by atoms with Crippen molar-refractivity contribution in [1.82, 2.24) is 10.6 Å². The van der Waals surface area contributed by atoms with Gasteiger partial charge in [-0.3, -0.25) is 9.59 Å². The second-order valence-corrected chi connectivity index (χ2v) is 4.83. The summed E-state index contributed by atoms with van der Waals surface area (Å²) in [7, 11) is 0. The van der Waals surface area contributed by atoms with Crippen LogP contribution in [0.2, 0.25) is 0 Å². The van der Waals surface area contributed by atoms with Crippen LogP contribution in [0.15, 0.2) is 0 Å². The molecule has 0 aromatic carbocycles. The summed E-state index contributed by atoms with van der Waals surface area (Å²) < 4.78 is 0. The molecule has 0 aliphatic rings. The molecule has 0 aromatic heterocycles. The summed E-state index contributed by atoms with van der Waals surface area (Å²) in [6.07, 6.45) is 0. The van der Waals surface area contributed by atoms with Crippen molar-refractivity contribution in [3.05, 3.63) is 0 Å². The Kier molecular flexibility index (Phi) is 5.37. The number of amides is 2. The molecule has 0 heterocycles. The van der Waals surface area contributed by atoms with Gasteiger partial charge in [-0.1, -0.05) is 12.2 Å². The molecular weight excluding hydrogens is 226 g/mol. The zero-order valence-electron chi connectivity index (χ0n) is 10.1. The highest BCUT2D eigenvalue weighted by molar-refractivity contribution is 7.80. The standard InChI is InChI=1S/C10H19N3O2S/c1-6(2)13-7(14)5-12-9(15)10(3,4)8(11)16/h6H,5H2,1-4H3,(H2,11,16)(H,12,15)(H,13,14). The van der Waals surface area contributed by atoms with Crippen LogP contribution >= 0.6 is 12.2 Å². The lowest BCUT2D eigenvalue weighted by Crippen LogP contribution is -2.48. The first-order chi connectivity index (χ1) is 7.17. The highest BCUT2D eigenvalue weighted by atomic mass is 32.1. The van der Waals surface area contributed by atoms with E-state index in [1.165, 1.54) is 0 Å². The Bertz CT molecular complexity index is 300. The maximum Gasteiger partial charge on any atom is 0.239 e. The lowest BCUT2D eigenvalue weighted by Gasteiger charge is -2.21. The molecule has 2 amide bonds. The van der Waals surface area contributed by atoms with Crippen LogP contribution in [-0.4, -0.2) is 29.4 Å². The number of hydrogen-bond donors (Lipinski definition) is 3. The average Bonchev–Trinajstić information content (AvgIpc) is 2.12. The molecule has 4 N–H and O–H groups in total. The Labute approximate surface area is 101 Å². The molecule has 16 heavy (non-hydrogen) atoms. The molecule has 0 unspecified atom stereocenters. The van der Waals surface area contributed by atoms with Crippen molar-refractivity contribution < 1.29 is 9.59 Å². The molecule has 6 heteroatoms. The SMILES string of the molecule is CC(C)NC(=O)CNC(=O)C(C)(C)C(N)=S. The molecule has 0 bridgehead atoms. The number of rotatable bonds is 5. The minimum Gasteiger partial charge on any atom is -0.392 e. The van der Waals surface area contributed by atoms with Crippen molar-refractivity contribution in [2.45, 2.75) is 33.7 Å². The smallest absolute Gasteiger partial charge is 0.239 e. The van der Waals surface area contributed by atoms with Gasteiger partial charge in [0.05, 0.1) is 16.9 Å². The van der Waals surface area contributed by atoms with Crippen LogP contribution in [0.3, 0.4) is 0 Å². The van der Waals surface area contributed by atoms with E-state index >= 15 is 0 Å². The molecule has 0 saturated carbocycles. The average molecular weight is 245 g/mol. The fourth-order valence-corrected chi connectivity index (χ4v) is 0.959. The zero-order valence-corrected chi connectivity index (χ0v) is 10.9. The van der Waals surface area contributed by atoms with Gasteiger partial charge >= 0.3 is 0 Å². The van der Waals surface area contributed by atoms with E-state index in [9.17, 15) is 9.59 Å². The van der Waals surface area contributed by atoms with E-state index in [2.05, 4.69) is 10.6 Å². The van der Waals surface area contributed by atoms with Gasteiger partial charge in [0.25, 0.3) is 0 Å². The lowest BCUT2D eigenvalue weighted by molar-refractivity contribution is -0.129. The summed E-state index contributed by atoms with van der Waals surface area (Å²) in [5.41, 5.74) is 4.49. The van der Waals surface area contributed by atoms with Crippen LogP contribution in [0, 0.1) is 5.41 Å². The number of carbonyl (C=O) groups excluding carboxylic acids is 2. The molecule has 0 rings (SSSR count). The predicted molar refractivity (Wildman–Crippen MR) is 66.9 cm³/mol. The molecule has 0 saturated heterocycles. The Hall–Kier alpha value is -1.17. The summed E-state index contributed by atoms with van der Waals surface area (Å²) >= 11 is 4.77. The molecule has 0 atom stereocenters. The van der Waals surface area contributed by atoms with Crippen LogP contribution in [0.5, 0.6) is 0 Å². The molecule has 0 aliphatic carbocycles. The van der Waals surface area contributed by atoms with E-state index in [1.807, 2.05) is 13.8 Å². The first-order valence-electron chi connectivity index (χ1n) is 5.05. The third-order valence-corrected chi connectivity index (χ3v) is 2.55. The Morgan fingerprint density at radius 3 is 2.25 bits per heavy atom. The monoisotopic (exact) mass is 245 g/mol. The van der Waals surface area contributed by atoms with Gasteiger partial charge in [-0.05, 0) is 27.7 Å². The van der Waals surface area contributed by atoms with Crippen molar-refractivity contribution in [2.75, 3.05) is 6.54 Å². The van der Waals surface area contributed by atoms with Crippen LogP contribution in [-0.2, 0) is 9.59 Å². The van der Waals surface area contributed by atoms with Crippen molar-refractivity contribution in [2.24, 2.45) is 11.1 Å². The van der Waals surface area contributed by atoms with E-state index in [0.29, 0.717) is 0 Å².